The number of nitrogens with zero attached hydrogens (tertiary/aromatic N) is 1. The highest BCUT2D eigenvalue weighted by molar-refractivity contribution is 6.15. The number of benzene rings is 10. The second kappa shape index (κ2) is 14.0. The van der Waals surface area contributed by atoms with E-state index in [9.17, 15) is 0 Å². The molecule has 0 fully saturated rings. The lowest BCUT2D eigenvalue weighted by Gasteiger charge is -2.30. The smallest absolute Gasteiger partial charge is 0.0546 e. The van der Waals surface area contributed by atoms with Crippen LogP contribution in [0.2, 0.25) is 0 Å². The van der Waals surface area contributed by atoms with Gasteiger partial charge in [-0.05, 0) is 96.2 Å². The van der Waals surface area contributed by atoms with Crippen molar-refractivity contribution in [3.8, 4) is 44.5 Å². The SMILES string of the molecule is c1ccc(-c2ccccc2-c2ccccc2-c2ccccc2N(c2ccc(-c3ccc4ccccc4c3)cc2)c2cc3ccccc3c3ccccc23)cc1. The average Bonchev–Trinajstić information content (AvgIpc) is 3.27. The molecule has 0 bridgehead atoms. The summed E-state index contributed by atoms with van der Waals surface area (Å²) in [6.45, 7) is 0. The molecule has 0 spiro atoms. The van der Waals surface area contributed by atoms with Gasteiger partial charge in [-0.25, -0.2) is 0 Å². The summed E-state index contributed by atoms with van der Waals surface area (Å²) < 4.78 is 0. The fourth-order valence-electron chi connectivity index (χ4n) is 8.24. The van der Waals surface area contributed by atoms with E-state index in [0.717, 1.165) is 22.6 Å². The summed E-state index contributed by atoms with van der Waals surface area (Å²) in [6, 6.07) is 81.5. The molecule has 0 saturated heterocycles. The van der Waals surface area contributed by atoms with Crippen LogP contribution >= 0.6 is 0 Å². The number of hydrogen-bond acceptors (Lipinski definition) is 1. The van der Waals surface area contributed by atoms with E-state index < -0.39 is 0 Å². The summed E-state index contributed by atoms with van der Waals surface area (Å²) in [6.07, 6.45) is 0. The topological polar surface area (TPSA) is 3.24 Å². The maximum absolute atomic E-state index is 2.47. The van der Waals surface area contributed by atoms with Gasteiger partial charge in [0.05, 0.1) is 11.4 Å². The second-order valence-electron chi connectivity index (χ2n) is 14.1. The quantitative estimate of drug-likeness (QED) is 0.150. The van der Waals surface area contributed by atoms with Crippen LogP contribution in [0.5, 0.6) is 0 Å². The zero-order valence-electron chi connectivity index (χ0n) is 30.3. The Balaban J connectivity index is 1.20. The molecule has 0 aliphatic carbocycles. The van der Waals surface area contributed by atoms with Gasteiger partial charge in [-0.1, -0.05) is 194 Å². The third-order valence-electron chi connectivity index (χ3n) is 10.9. The minimum absolute atomic E-state index is 1.10. The molecule has 0 amide bonds. The predicted molar refractivity (Wildman–Crippen MR) is 235 cm³/mol. The van der Waals surface area contributed by atoms with Crippen LogP contribution in [-0.2, 0) is 0 Å². The van der Waals surface area contributed by atoms with Gasteiger partial charge in [-0.2, -0.15) is 0 Å². The molecule has 55 heavy (non-hydrogen) atoms. The molecule has 0 N–H and O–H groups in total. The van der Waals surface area contributed by atoms with Crippen LogP contribution in [0.3, 0.4) is 0 Å². The van der Waals surface area contributed by atoms with E-state index in [0.29, 0.717) is 0 Å². The summed E-state index contributed by atoms with van der Waals surface area (Å²) in [5.74, 6) is 0. The largest absolute Gasteiger partial charge is 0.309 e. The Labute approximate surface area is 322 Å². The number of para-hydroxylation sites is 1. The minimum Gasteiger partial charge on any atom is -0.309 e. The molecule has 258 valence electrons. The van der Waals surface area contributed by atoms with Crippen molar-refractivity contribution in [1.82, 2.24) is 0 Å². The number of fused-ring (bicyclic) bond motifs is 4. The molecule has 1 heteroatoms. The third-order valence-corrected chi connectivity index (χ3v) is 10.9. The standard InChI is InChI=1S/C54H37N/c1-2-17-40(18-3-1)45-21-8-9-23-47(45)49-25-10-11-26-50(49)51-27-14-15-29-53(51)55(54-37-43-20-6-7-22-46(43)48-24-12-13-28-52(48)54)44-34-32-39(33-35-44)42-31-30-38-16-4-5-19-41(38)36-42/h1-37H. The molecule has 0 heterocycles. The zero-order chi connectivity index (χ0) is 36.6. The molecule has 10 aromatic carbocycles. The van der Waals surface area contributed by atoms with Gasteiger partial charge in [-0.15, -0.1) is 0 Å². The molecule has 0 aliphatic rings. The first kappa shape index (κ1) is 32.4. The highest BCUT2D eigenvalue weighted by Crippen LogP contribution is 2.48. The number of anilines is 3. The molecular weight excluding hydrogens is 663 g/mol. The molecule has 0 radical (unpaired) electrons. The molecule has 0 aliphatic heterocycles. The van der Waals surface area contributed by atoms with Gasteiger partial charge in [0.15, 0.2) is 0 Å². The first-order valence-electron chi connectivity index (χ1n) is 18.9. The van der Waals surface area contributed by atoms with Gasteiger partial charge in [0, 0.05) is 16.6 Å². The van der Waals surface area contributed by atoms with Crippen molar-refractivity contribution >= 4 is 49.4 Å². The van der Waals surface area contributed by atoms with E-state index in [1.807, 2.05) is 0 Å². The van der Waals surface area contributed by atoms with Crippen molar-refractivity contribution in [2.24, 2.45) is 0 Å². The van der Waals surface area contributed by atoms with Crippen LogP contribution < -0.4 is 4.90 Å². The van der Waals surface area contributed by atoms with E-state index in [1.165, 1.54) is 71.3 Å². The highest BCUT2D eigenvalue weighted by Gasteiger charge is 2.22. The van der Waals surface area contributed by atoms with Gasteiger partial charge in [0.25, 0.3) is 0 Å². The second-order valence-corrected chi connectivity index (χ2v) is 14.1. The van der Waals surface area contributed by atoms with Crippen LogP contribution in [0.25, 0.3) is 76.8 Å². The third kappa shape index (κ3) is 5.93. The molecule has 10 rings (SSSR count). The average molecular weight is 700 g/mol. The summed E-state index contributed by atoms with van der Waals surface area (Å²) >= 11 is 0. The van der Waals surface area contributed by atoms with Crippen molar-refractivity contribution < 1.29 is 0 Å². The van der Waals surface area contributed by atoms with Crippen LogP contribution in [0.4, 0.5) is 17.1 Å². The van der Waals surface area contributed by atoms with Crippen LogP contribution in [-0.4, -0.2) is 0 Å². The van der Waals surface area contributed by atoms with Gasteiger partial charge in [0.2, 0.25) is 0 Å². The van der Waals surface area contributed by atoms with Crippen molar-refractivity contribution in [2.45, 2.75) is 0 Å². The molecule has 0 unspecified atom stereocenters. The van der Waals surface area contributed by atoms with Gasteiger partial charge in [0.1, 0.15) is 0 Å². The van der Waals surface area contributed by atoms with Crippen LogP contribution in [0.1, 0.15) is 0 Å². The minimum atomic E-state index is 1.10. The predicted octanol–water partition coefficient (Wildman–Crippen LogP) is 15.3. The summed E-state index contributed by atoms with van der Waals surface area (Å²) in [5.41, 5.74) is 12.9. The van der Waals surface area contributed by atoms with Crippen molar-refractivity contribution in [3.05, 3.63) is 224 Å². The summed E-state index contributed by atoms with van der Waals surface area (Å²) in [7, 11) is 0. The Hall–Kier alpha value is -7.22. The highest BCUT2D eigenvalue weighted by atomic mass is 15.1. The maximum Gasteiger partial charge on any atom is 0.0546 e. The van der Waals surface area contributed by atoms with E-state index in [-0.39, 0.29) is 0 Å². The Morgan fingerprint density at radius 3 is 1.49 bits per heavy atom. The fourth-order valence-corrected chi connectivity index (χ4v) is 8.24. The van der Waals surface area contributed by atoms with Crippen molar-refractivity contribution in [3.63, 3.8) is 0 Å². The maximum atomic E-state index is 2.47. The van der Waals surface area contributed by atoms with E-state index >= 15 is 0 Å². The Kier molecular flexibility index (Phi) is 8.24. The van der Waals surface area contributed by atoms with Crippen molar-refractivity contribution in [2.75, 3.05) is 4.90 Å². The van der Waals surface area contributed by atoms with Gasteiger partial charge < -0.3 is 4.90 Å². The Bertz CT molecular complexity index is 2980. The summed E-state index contributed by atoms with van der Waals surface area (Å²) in [5, 5.41) is 7.41. The lowest BCUT2D eigenvalue weighted by Crippen LogP contribution is -2.12. The first-order valence-corrected chi connectivity index (χ1v) is 18.9. The molecule has 0 saturated carbocycles. The van der Waals surface area contributed by atoms with Gasteiger partial charge in [-0.3, -0.25) is 0 Å². The Morgan fingerprint density at radius 2 is 0.745 bits per heavy atom. The van der Waals surface area contributed by atoms with E-state index in [1.54, 1.807) is 0 Å². The van der Waals surface area contributed by atoms with Crippen LogP contribution in [0.15, 0.2) is 224 Å². The molecule has 0 atom stereocenters. The van der Waals surface area contributed by atoms with Crippen LogP contribution in [0, 0.1) is 0 Å². The zero-order valence-corrected chi connectivity index (χ0v) is 30.3. The van der Waals surface area contributed by atoms with Gasteiger partial charge >= 0.3 is 0 Å². The monoisotopic (exact) mass is 699 g/mol. The number of rotatable bonds is 7. The molecule has 10 aromatic rings. The lowest BCUT2D eigenvalue weighted by atomic mass is 9.88. The number of hydrogen-bond donors (Lipinski definition) is 0. The van der Waals surface area contributed by atoms with E-state index in [2.05, 4.69) is 229 Å². The molecule has 1 nitrogen and oxygen atoms in total. The Morgan fingerprint density at radius 1 is 0.236 bits per heavy atom. The fraction of sp³-hybridized carbons (Fsp3) is 0. The normalized spacial score (nSPS) is 11.3. The van der Waals surface area contributed by atoms with Crippen molar-refractivity contribution in [1.29, 1.82) is 0 Å². The summed E-state index contributed by atoms with van der Waals surface area (Å²) in [4.78, 5) is 2.47. The first-order chi connectivity index (χ1) is 27.3. The van der Waals surface area contributed by atoms with E-state index in [4.69, 9.17) is 0 Å². The molecule has 0 aromatic heterocycles. The lowest BCUT2D eigenvalue weighted by molar-refractivity contribution is 1.30. The molecular formula is C54H37N.